The van der Waals surface area contributed by atoms with E-state index in [9.17, 15) is 0 Å². The van der Waals surface area contributed by atoms with Gasteiger partial charge in [-0.05, 0) is 12.1 Å². The molecule has 0 unspecified atom stereocenters. The van der Waals surface area contributed by atoms with Crippen LogP contribution in [-0.2, 0) is 0 Å². The molecule has 0 aliphatic carbocycles. The van der Waals surface area contributed by atoms with Crippen LogP contribution in [0.3, 0.4) is 0 Å². The summed E-state index contributed by atoms with van der Waals surface area (Å²) in [4.78, 5) is 2.28. The standard InChI is InChI=1S/C48H37GeNO/c1-6-16-40(17-7-1)49(41-18-8-2-9-19-41,42-20-10-3-11-21-42)43-30-26-38(27-31-43)39-28-32-45(33-29-39)50(44-22-12-4-13-23-44)46-34-36-48(37-35-46)51-47-24-14-5-15-25-47/h1-37H. The summed E-state index contributed by atoms with van der Waals surface area (Å²) >= 11 is -3.30. The molecule has 8 aromatic carbocycles. The quantitative estimate of drug-likeness (QED) is 0.131. The van der Waals surface area contributed by atoms with Gasteiger partial charge in [-0.15, -0.1) is 0 Å². The van der Waals surface area contributed by atoms with Crippen LogP contribution in [0.15, 0.2) is 224 Å². The van der Waals surface area contributed by atoms with Crippen molar-refractivity contribution in [2.45, 2.75) is 0 Å². The van der Waals surface area contributed by atoms with E-state index in [0.29, 0.717) is 0 Å². The maximum atomic E-state index is 6.08. The van der Waals surface area contributed by atoms with Gasteiger partial charge >= 0.3 is 252 Å². The van der Waals surface area contributed by atoms with E-state index in [1.165, 1.54) is 28.7 Å². The normalized spacial score (nSPS) is 11.1. The molecule has 51 heavy (non-hydrogen) atoms. The van der Waals surface area contributed by atoms with Crippen molar-refractivity contribution < 1.29 is 4.74 Å². The van der Waals surface area contributed by atoms with E-state index in [1.54, 1.807) is 0 Å². The van der Waals surface area contributed by atoms with Gasteiger partial charge in [-0.3, -0.25) is 0 Å². The molecule has 244 valence electrons. The third-order valence-electron chi connectivity index (χ3n) is 9.49. The Morgan fingerprint density at radius 1 is 0.275 bits per heavy atom. The maximum absolute atomic E-state index is 6.08. The van der Waals surface area contributed by atoms with Gasteiger partial charge in [0.2, 0.25) is 0 Å². The topological polar surface area (TPSA) is 12.5 Å². The second-order valence-corrected chi connectivity index (χ2v) is 20.5. The first kappa shape index (κ1) is 32.1. The molecule has 0 aromatic heterocycles. The predicted octanol–water partition coefficient (Wildman–Crippen LogP) is 9.99. The van der Waals surface area contributed by atoms with Crippen LogP contribution in [0, 0.1) is 0 Å². The predicted molar refractivity (Wildman–Crippen MR) is 217 cm³/mol. The SMILES string of the molecule is c1ccc(Oc2ccc(N(c3ccccc3)c3ccc(-c4cc[c]([Ge]([c]5ccccc5)([c]5ccccc5)[c]5ccccc5)cc4)cc3)cc2)cc1. The zero-order valence-electron chi connectivity index (χ0n) is 28.2. The first-order valence-corrected chi connectivity index (χ1v) is 21.5. The fourth-order valence-corrected chi connectivity index (χ4v) is 17.0. The third kappa shape index (κ3) is 6.62. The molecule has 3 heteroatoms. The second kappa shape index (κ2) is 14.8. The monoisotopic (exact) mass is 717 g/mol. The van der Waals surface area contributed by atoms with Crippen molar-refractivity contribution in [2.24, 2.45) is 0 Å². The number of nitrogens with zero attached hydrogens (tertiary/aromatic N) is 1. The van der Waals surface area contributed by atoms with Crippen molar-refractivity contribution in [1.29, 1.82) is 0 Å². The summed E-state index contributed by atoms with van der Waals surface area (Å²) in [6, 6.07) is 80.3. The molecule has 2 nitrogen and oxygen atoms in total. The summed E-state index contributed by atoms with van der Waals surface area (Å²) in [5.74, 6) is 1.62. The average Bonchev–Trinajstić information content (AvgIpc) is 3.22. The molecule has 0 radical (unpaired) electrons. The van der Waals surface area contributed by atoms with Crippen LogP contribution < -0.4 is 27.2 Å². The van der Waals surface area contributed by atoms with E-state index >= 15 is 0 Å². The molecule has 0 atom stereocenters. The smallest absolute Gasteiger partial charge is 0.0586 e. The van der Waals surface area contributed by atoms with Crippen molar-refractivity contribution in [3.8, 4) is 22.6 Å². The number of hydrogen-bond donors (Lipinski definition) is 0. The molecular weight excluding hydrogens is 679 g/mol. The minimum Gasteiger partial charge on any atom is -0.0586 e. The van der Waals surface area contributed by atoms with Crippen molar-refractivity contribution in [2.75, 3.05) is 4.90 Å². The van der Waals surface area contributed by atoms with Gasteiger partial charge in [0.05, 0.1) is 0 Å². The number of ether oxygens (including phenoxy) is 1. The molecule has 0 spiro atoms. The van der Waals surface area contributed by atoms with Crippen LogP contribution in [0.2, 0.25) is 0 Å². The summed E-state index contributed by atoms with van der Waals surface area (Å²) in [6.07, 6.45) is 0. The molecule has 0 bridgehead atoms. The fourth-order valence-electron chi connectivity index (χ4n) is 7.09. The van der Waals surface area contributed by atoms with Crippen LogP contribution >= 0.6 is 0 Å². The number of rotatable bonds is 10. The molecule has 8 rings (SSSR count). The van der Waals surface area contributed by atoms with Crippen molar-refractivity contribution >= 4 is 47.9 Å². The van der Waals surface area contributed by atoms with Gasteiger partial charge in [0.1, 0.15) is 11.5 Å². The molecule has 8 aromatic rings. The number of benzene rings is 8. The summed E-state index contributed by atoms with van der Waals surface area (Å²) in [7, 11) is 0. The summed E-state index contributed by atoms with van der Waals surface area (Å²) in [6.45, 7) is 0. The molecule has 0 saturated carbocycles. The molecule has 0 N–H and O–H groups in total. The molecule has 0 fully saturated rings. The Hall–Kier alpha value is -6.10. The van der Waals surface area contributed by atoms with E-state index in [0.717, 1.165) is 28.6 Å². The first-order chi connectivity index (χ1) is 25.3. The molecule has 0 aliphatic rings. The van der Waals surface area contributed by atoms with Gasteiger partial charge in [-0.1, -0.05) is 24.3 Å². The zero-order chi connectivity index (χ0) is 34.3. The van der Waals surface area contributed by atoms with Crippen molar-refractivity contribution in [3.05, 3.63) is 224 Å². The first-order valence-electron chi connectivity index (χ1n) is 17.3. The number of para-hydroxylation sites is 2. The van der Waals surface area contributed by atoms with Crippen LogP contribution in [-0.4, -0.2) is 13.3 Å². The van der Waals surface area contributed by atoms with E-state index < -0.39 is 13.3 Å². The van der Waals surface area contributed by atoms with Gasteiger partial charge in [-0.25, -0.2) is 0 Å². The molecule has 0 amide bonds. The van der Waals surface area contributed by atoms with Crippen LogP contribution in [0.4, 0.5) is 17.1 Å². The van der Waals surface area contributed by atoms with Crippen LogP contribution in [0.1, 0.15) is 0 Å². The Morgan fingerprint density at radius 2 is 0.588 bits per heavy atom. The van der Waals surface area contributed by atoms with E-state index in [4.69, 9.17) is 4.74 Å². The van der Waals surface area contributed by atoms with Crippen molar-refractivity contribution in [3.63, 3.8) is 0 Å². The summed E-state index contributed by atoms with van der Waals surface area (Å²) in [5, 5.41) is 0. The van der Waals surface area contributed by atoms with E-state index in [2.05, 4.69) is 187 Å². The number of hydrogen-bond acceptors (Lipinski definition) is 2. The second-order valence-electron chi connectivity index (χ2n) is 12.6. The van der Waals surface area contributed by atoms with Gasteiger partial charge in [0.15, 0.2) is 0 Å². The number of anilines is 3. The van der Waals surface area contributed by atoms with Crippen molar-refractivity contribution in [1.82, 2.24) is 0 Å². The Balaban J connectivity index is 1.14. The molecular formula is C48H37GeNO. The third-order valence-corrected chi connectivity index (χ3v) is 19.6. The van der Waals surface area contributed by atoms with Gasteiger partial charge < -0.3 is 4.74 Å². The van der Waals surface area contributed by atoms with Gasteiger partial charge in [-0.2, -0.15) is 0 Å². The minimum atomic E-state index is -3.30. The Bertz CT molecular complexity index is 2180. The molecule has 0 heterocycles. The van der Waals surface area contributed by atoms with E-state index in [1.807, 2.05) is 42.5 Å². The van der Waals surface area contributed by atoms with E-state index in [-0.39, 0.29) is 0 Å². The fraction of sp³-hybridized carbons (Fsp3) is 0. The summed E-state index contributed by atoms with van der Waals surface area (Å²) in [5.41, 5.74) is 5.62. The molecule has 0 aliphatic heterocycles. The van der Waals surface area contributed by atoms with Crippen LogP contribution in [0.25, 0.3) is 11.1 Å². The van der Waals surface area contributed by atoms with Gasteiger partial charge in [0.25, 0.3) is 0 Å². The Morgan fingerprint density at radius 3 is 1.04 bits per heavy atom. The minimum absolute atomic E-state index is 0.803. The Kier molecular flexibility index (Phi) is 9.32. The molecule has 0 saturated heterocycles. The van der Waals surface area contributed by atoms with Crippen LogP contribution in [0.5, 0.6) is 11.5 Å². The summed E-state index contributed by atoms with van der Waals surface area (Å²) < 4.78 is 11.8. The van der Waals surface area contributed by atoms with Gasteiger partial charge in [0, 0.05) is 0 Å². The zero-order valence-corrected chi connectivity index (χ0v) is 30.3. The average molecular weight is 716 g/mol. The Labute approximate surface area is 303 Å².